The first-order chi connectivity index (χ1) is 15.1. The Balaban J connectivity index is 1.51. The van der Waals surface area contributed by atoms with Crippen molar-refractivity contribution in [2.45, 2.75) is 25.9 Å². The van der Waals surface area contributed by atoms with Gasteiger partial charge in [-0.05, 0) is 48.6 Å². The molecule has 7 nitrogen and oxygen atoms in total. The zero-order valence-corrected chi connectivity index (χ0v) is 17.0. The Bertz CT molecular complexity index is 1090. The topological polar surface area (TPSA) is 84.7 Å². The Morgan fingerprint density at radius 1 is 1.03 bits per heavy atom. The molecule has 0 saturated carbocycles. The molecule has 1 aliphatic heterocycles. The van der Waals surface area contributed by atoms with Crippen LogP contribution in [0.3, 0.4) is 0 Å². The van der Waals surface area contributed by atoms with Crippen LogP contribution >= 0.6 is 0 Å². The Hall–Kier alpha value is -3.87. The van der Waals surface area contributed by atoms with Gasteiger partial charge in [-0.15, -0.1) is 0 Å². The number of nitrogens with one attached hydrogen (secondary N) is 1. The van der Waals surface area contributed by atoms with Gasteiger partial charge in [-0.3, -0.25) is 15.0 Å². The van der Waals surface area contributed by atoms with E-state index < -0.39 is 4.92 Å². The summed E-state index contributed by atoms with van der Waals surface area (Å²) >= 11 is 0. The van der Waals surface area contributed by atoms with E-state index in [1.54, 1.807) is 11.0 Å². The minimum atomic E-state index is -0.503. The van der Waals surface area contributed by atoms with E-state index in [9.17, 15) is 14.9 Å². The number of carbonyl (C=O) groups excluding carboxylic acids is 1. The monoisotopic (exact) mass is 417 g/mol. The smallest absolute Gasteiger partial charge is 0.326 e. The Kier molecular flexibility index (Phi) is 6.12. The Morgan fingerprint density at radius 2 is 1.81 bits per heavy atom. The van der Waals surface area contributed by atoms with Crippen molar-refractivity contribution < 1.29 is 14.5 Å². The summed E-state index contributed by atoms with van der Waals surface area (Å²) in [4.78, 5) is 25.8. The van der Waals surface area contributed by atoms with Crippen molar-refractivity contribution in [3.05, 3.63) is 94.0 Å². The predicted molar refractivity (Wildman–Crippen MR) is 120 cm³/mol. The van der Waals surface area contributed by atoms with Crippen molar-refractivity contribution in [2.24, 2.45) is 0 Å². The summed E-state index contributed by atoms with van der Waals surface area (Å²) < 4.78 is 5.66. The molecule has 0 atom stereocenters. The van der Waals surface area contributed by atoms with Crippen LogP contribution in [0.15, 0.2) is 72.8 Å². The molecule has 158 valence electrons. The van der Waals surface area contributed by atoms with Crippen LogP contribution in [0.25, 0.3) is 0 Å². The second-order valence-electron chi connectivity index (χ2n) is 7.38. The summed E-state index contributed by atoms with van der Waals surface area (Å²) in [5.41, 5.74) is 3.09. The van der Waals surface area contributed by atoms with Gasteiger partial charge in [-0.2, -0.15) is 0 Å². The molecular formula is C24H23N3O4. The molecule has 0 bridgehead atoms. The molecule has 3 aromatic carbocycles. The summed E-state index contributed by atoms with van der Waals surface area (Å²) in [6.45, 7) is 0.821. The summed E-state index contributed by atoms with van der Waals surface area (Å²) in [5.74, 6) is 0.159. The summed E-state index contributed by atoms with van der Waals surface area (Å²) in [7, 11) is 0. The highest BCUT2D eigenvalue weighted by Gasteiger charge is 2.22. The number of nitro groups is 1. The molecule has 0 fully saturated rings. The third-order valence-electron chi connectivity index (χ3n) is 5.25. The molecule has 7 heteroatoms. The summed E-state index contributed by atoms with van der Waals surface area (Å²) in [5, 5.41) is 14.4. The largest absolute Gasteiger partial charge is 0.482 e. The lowest BCUT2D eigenvalue weighted by Gasteiger charge is -2.23. The normalized spacial score (nSPS) is 13.1. The number of nitro benzene ring substituents is 1. The maximum absolute atomic E-state index is 13.0. The number of rotatable bonds is 5. The molecule has 3 aromatic rings. The molecule has 1 N–H and O–H groups in total. The average molecular weight is 417 g/mol. The van der Waals surface area contributed by atoms with E-state index in [1.807, 2.05) is 54.6 Å². The fourth-order valence-electron chi connectivity index (χ4n) is 3.69. The zero-order valence-electron chi connectivity index (χ0n) is 17.0. The third kappa shape index (κ3) is 4.83. The predicted octanol–water partition coefficient (Wildman–Crippen LogP) is 5.55. The van der Waals surface area contributed by atoms with Crippen molar-refractivity contribution in [1.29, 1.82) is 0 Å². The number of anilines is 2. The molecule has 4 rings (SSSR count). The van der Waals surface area contributed by atoms with Crippen LogP contribution < -0.4 is 15.0 Å². The number of aryl methyl sites for hydroxylation is 1. The molecule has 0 spiro atoms. The first-order valence-electron chi connectivity index (χ1n) is 10.2. The number of benzene rings is 3. The second kappa shape index (κ2) is 9.30. The van der Waals surface area contributed by atoms with E-state index in [4.69, 9.17) is 4.74 Å². The van der Waals surface area contributed by atoms with Gasteiger partial charge in [-0.25, -0.2) is 4.79 Å². The van der Waals surface area contributed by atoms with Crippen molar-refractivity contribution in [2.75, 3.05) is 16.8 Å². The van der Waals surface area contributed by atoms with Crippen LogP contribution in [0, 0.1) is 10.1 Å². The number of amides is 2. The van der Waals surface area contributed by atoms with Crippen molar-refractivity contribution in [3.8, 4) is 5.75 Å². The van der Waals surface area contributed by atoms with E-state index in [0.717, 1.165) is 36.1 Å². The summed E-state index contributed by atoms with van der Waals surface area (Å²) in [6.07, 6.45) is 2.84. The lowest BCUT2D eigenvalue weighted by atomic mass is 10.1. The zero-order chi connectivity index (χ0) is 21.6. The van der Waals surface area contributed by atoms with E-state index in [2.05, 4.69) is 5.32 Å². The number of hydrogen-bond acceptors (Lipinski definition) is 4. The molecule has 0 radical (unpaired) electrons. The van der Waals surface area contributed by atoms with Crippen LogP contribution in [0.2, 0.25) is 0 Å². The highest BCUT2D eigenvalue weighted by molar-refractivity contribution is 6.02. The van der Waals surface area contributed by atoms with Gasteiger partial charge in [-0.1, -0.05) is 48.5 Å². The fraction of sp³-hybridized carbons (Fsp3) is 0.208. The van der Waals surface area contributed by atoms with Crippen molar-refractivity contribution >= 4 is 23.1 Å². The average Bonchev–Trinajstić information content (AvgIpc) is 3.01. The number of para-hydroxylation sites is 1. The number of ether oxygens (including phenoxy) is 1. The second-order valence-corrected chi connectivity index (χ2v) is 7.38. The molecule has 2 amide bonds. The van der Waals surface area contributed by atoms with Gasteiger partial charge in [0.2, 0.25) is 0 Å². The van der Waals surface area contributed by atoms with Gasteiger partial charge < -0.3 is 10.1 Å². The Labute approximate surface area is 180 Å². The maximum Gasteiger partial charge on any atom is 0.326 e. The molecule has 0 aliphatic carbocycles. The number of hydrogen-bond donors (Lipinski definition) is 1. The highest BCUT2D eigenvalue weighted by Crippen LogP contribution is 2.32. The first-order valence-corrected chi connectivity index (χ1v) is 10.2. The van der Waals surface area contributed by atoms with E-state index in [1.165, 1.54) is 12.1 Å². The number of carbonyl (C=O) groups is 1. The number of urea groups is 1. The van der Waals surface area contributed by atoms with Crippen LogP contribution in [0.1, 0.15) is 24.0 Å². The van der Waals surface area contributed by atoms with Crippen LogP contribution in [-0.2, 0) is 13.0 Å². The number of nitrogens with zero attached hydrogens (tertiary/aromatic N) is 2. The Morgan fingerprint density at radius 3 is 2.61 bits per heavy atom. The standard InChI is InChI=1S/C24H23N3O4/c28-24(26-15-7-6-11-19-10-4-5-12-21(19)26)25-20-13-14-23(22(16-20)27(29)30)31-17-18-8-2-1-3-9-18/h1-5,8-10,12-14,16H,6-7,11,15,17H2,(H,25,28). The van der Waals surface area contributed by atoms with Crippen LogP contribution in [-0.4, -0.2) is 17.5 Å². The van der Waals surface area contributed by atoms with E-state index >= 15 is 0 Å². The number of fused-ring (bicyclic) bond motifs is 1. The molecule has 0 unspecified atom stereocenters. The maximum atomic E-state index is 13.0. The van der Waals surface area contributed by atoms with Gasteiger partial charge >= 0.3 is 11.7 Å². The minimum Gasteiger partial charge on any atom is -0.482 e. The van der Waals surface area contributed by atoms with Crippen LogP contribution in [0.5, 0.6) is 5.75 Å². The molecule has 1 aliphatic rings. The molecule has 0 saturated heterocycles. The SMILES string of the molecule is O=C(Nc1ccc(OCc2ccccc2)c([N+](=O)[O-])c1)N1CCCCc2ccccc21. The molecule has 31 heavy (non-hydrogen) atoms. The first kappa shape index (κ1) is 20.4. The third-order valence-corrected chi connectivity index (χ3v) is 5.25. The quantitative estimate of drug-likeness (QED) is 0.436. The van der Waals surface area contributed by atoms with Crippen molar-refractivity contribution in [3.63, 3.8) is 0 Å². The van der Waals surface area contributed by atoms with Crippen molar-refractivity contribution in [1.82, 2.24) is 0 Å². The lowest BCUT2D eigenvalue weighted by Crippen LogP contribution is -2.35. The van der Waals surface area contributed by atoms with Gasteiger partial charge in [0, 0.05) is 24.0 Å². The molecule has 0 aromatic heterocycles. The highest BCUT2D eigenvalue weighted by atomic mass is 16.6. The molecular weight excluding hydrogens is 394 g/mol. The minimum absolute atomic E-state index is 0.159. The van der Waals surface area contributed by atoms with Gasteiger partial charge in [0.1, 0.15) is 6.61 Å². The van der Waals surface area contributed by atoms with E-state index in [-0.39, 0.29) is 24.1 Å². The molecule has 1 heterocycles. The summed E-state index contributed by atoms with van der Waals surface area (Å²) in [6, 6.07) is 21.5. The van der Waals surface area contributed by atoms with Crippen LogP contribution in [0.4, 0.5) is 21.9 Å². The van der Waals surface area contributed by atoms with Gasteiger partial charge in [0.15, 0.2) is 5.75 Å². The van der Waals surface area contributed by atoms with Gasteiger partial charge in [0.25, 0.3) is 0 Å². The fourth-order valence-corrected chi connectivity index (χ4v) is 3.69. The van der Waals surface area contributed by atoms with E-state index in [0.29, 0.717) is 12.2 Å². The lowest BCUT2D eigenvalue weighted by molar-refractivity contribution is -0.385. The van der Waals surface area contributed by atoms with Gasteiger partial charge in [0.05, 0.1) is 4.92 Å².